The molecule has 0 saturated carbocycles. The first-order valence-electron chi connectivity index (χ1n) is 13.1. The Morgan fingerprint density at radius 2 is 1.45 bits per heavy atom. The van der Waals surface area contributed by atoms with Crippen molar-refractivity contribution in [1.29, 1.82) is 0 Å². The maximum absolute atomic E-state index is 14.4. The van der Waals surface area contributed by atoms with Crippen molar-refractivity contribution in [1.82, 2.24) is 0 Å². The van der Waals surface area contributed by atoms with Crippen molar-refractivity contribution in [3.63, 3.8) is 0 Å². The Labute approximate surface area is 219 Å². The molecule has 1 aliphatic carbocycles. The largest absolute Gasteiger partial charge is 0.455 e. The molecule has 0 amide bonds. The normalized spacial score (nSPS) is 13.1. The lowest BCUT2D eigenvalue weighted by Gasteiger charge is -2.24. The Morgan fingerprint density at radius 1 is 0.658 bits per heavy atom. The van der Waals surface area contributed by atoms with Gasteiger partial charge in [0.15, 0.2) is 0 Å². The van der Waals surface area contributed by atoms with E-state index in [1.54, 1.807) is 12.1 Å². The highest BCUT2D eigenvalue weighted by Gasteiger charge is 2.24. The molecule has 0 fully saturated rings. The minimum Gasteiger partial charge on any atom is -0.455 e. The van der Waals surface area contributed by atoms with E-state index in [0.29, 0.717) is 0 Å². The molecule has 0 aliphatic heterocycles. The first kappa shape index (κ1) is 21.4. The molecule has 7 aromatic rings. The van der Waals surface area contributed by atoms with E-state index in [4.69, 9.17) is 4.42 Å². The molecule has 2 heteroatoms. The van der Waals surface area contributed by atoms with Crippen LogP contribution in [0.5, 0.6) is 0 Å². The number of fused-ring (bicyclic) bond motifs is 7. The van der Waals surface area contributed by atoms with Gasteiger partial charge in [-0.25, -0.2) is 4.39 Å². The van der Waals surface area contributed by atoms with E-state index < -0.39 is 0 Å². The van der Waals surface area contributed by atoms with Crippen LogP contribution in [0.1, 0.15) is 17.5 Å². The maximum atomic E-state index is 14.4. The summed E-state index contributed by atoms with van der Waals surface area (Å²) in [7, 11) is 0. The lowest BCUT2D eigenvalue weighted by Crippen LogP contribution is -2.02. The smallest absolute Gasteiger partial charge is 0.143 e. The van der Waals surface area contributed by atoms with E-state index >= 15 is 0 Å². The summed E-state index contributed by atoms with van der Waals surface area (Å²) in [5.74, 6) is -0.217. The second-order valence-corrected chi connectivity index (χ2v) is 10.1. The van der Waals surface area contributed by atoms with Gasteiger partial charge >= 0.3 is 0 Å². The third-order valence-corrected chi connectivity index (χ3v) is 7.98. The zero-order chi connectivity index (χ0) is 25.2. The van der Waals surface area contributed by atoms with E-state index in [9.17, 15) is 4.39 Å². The molecule has 0 bridgehead atoms. The fraction of sp³-hybridized carbons (Fsp3) is 0.0556. The minimum absolute atomic E-state index is 0.217. The average Bonchev–Trinajstić information content (AvgIpc) is 3.35. The standard InChI is InChI=1S/C36H23FO/c37-24-11-7-10-23(21-24)33-26-13-3-5-15-28(26)34(29-16-6-4-14-27(29)33)30-17-8-18-32-35(30)31-20-19-22-9-1-2-12-25(22)36(31)38-32/h1-5,7-15,17-21H,6,16H2. The first-order valence-corrected chi connectivity index (χ1v) is 13.1. The molecule has 0 spiro atoms. The Balaban J connectivity index is 1.53. The van der Waals surface area contributed by atoms with Crippen LogP contribution in [0.25, 0.3) is 71.8 Å². The van der Waals surface area contributed by atoms with E-state index in [-0.39, 0.29) is 5.82 Å². The van der Waals surface area contributed by atoms with E-state index in [1.165, 1.54) is 39.1 Å². The van der Waals surface area contributed by atoms with Crippen molar-refractivity contribution < 1.29 is 8.81 Å². The fourth-order valence-corrected chi connectivity index (χ4v) is 6.41. The van der Waals surface area contributed by atoms with E-state index in [2.05, 4.69) is 91.0 Å². The molecule has 0 saturated heterocycles. The van der Waals surface area contributed by atoms with Gasteiger partial charge in [-0.2, -0.15) is 0 Å². The van der Waals surface area contributed by atoms with Gasteiger partial charge < -0.3 is 4.42 Å². The SMILES string of the molecule is Fc1cccc(-c2c3c(c(-c4cccc5oc6c7ccccc7ccc6c45)c4ccccc24)CCC=C3)c1. The van der Waals surface area contributed by atoms with Crippen molar-refractivity contribution in [2.45, 2.75) is 12.8 Å². The summed E-state index contributed by atoms with van der Waals surface area (Å²) in [6, 6.07) is 34.7. The maximum Gasteiger partial charge on any atom is 0.143 e. The van der Waals surface area contributed by atoms with E-state index in [0.717, 1.165) is 56.7 Å². The molecular formula is C36H23FO. The summed E-state index contributed by atoms with van der Waals surface area (Å²) in [5, 5.41) is 6.90. The van der Waals surface area contributed by atoms with Gasteiger partial charge in [0.2, 0.25) is 0 Å². The number of rotatable bonds is 2. The molecule has 38 heavy (non-hydrogen) atoms. The van der Waals surface area contributed by atoms with Gasteiger partial charge in [-0.15, -0.1) is 0 Å². The van der Waals surface area contributed by atoms with Crippen LogP contribution in [0.3, 0.4) is 0 Å². The van der Waals surface area contributed by atoms with Gasteiger partial charge in [0.25, 0.3) is 0 Å². The molecule has 1 nitrogen and oxygen atoms in total. The molecule has 1 aromatic heterocycles. The summed E-state index contributed by atoms with van der Waals surface area (Å²) < 4.78 is 20.9. The number of halogens is 1. The predicted octanol–water partition coefficient (Wildman–Crippen LogP) is 10.3. The monoisotopic (exact) mass is 490 g/mol. The fourth-order valence-electron chi connectivity index (χ4n) is 6.41. The van der Waals surface area contributed by atoms with Crippen molar-refractivity contribution in [2.24, 2.45) is 0 Å². The van der Waals surface area contributed by atoms with Gasteiger partial charge in [-0.3, -0.25) is 0 Å². The molecule has 180 valence electrons. The Morgan fingerprint density at radius 3 is 2.32 bits per heavy atom. The van der Waals surface area contributed by atoms with Crippen molar-refractivity contribution in [3.05, 3.63) is 126 Å². The predicted molar refractivity (Wildman–Crippen MR) is 157 cm³/mol. The second-order valence-electron chi connectivity index (χ2n) is 10.1. The summed E-state index contributed by atoms with van der Waals surface area (Å²) >= 11 is 0. The second kappa shape index (κ2) is 8.16. The third kappa shape index (κ3) is 3.04. The van der Waals surface area contributed by atoms with Crippen LogP contribution in [0.2, 0.25) is 0 Å². The number of hydrogen-bond acceptors (Lipinski definition) is 1. The van der Waals surface area contributed by atoms with Crippen LogP contribution < -0.4 is 0 Å². The molecular weight excluding hydrogens is 467 g/mol. The van der Waals surface area contributed by atoms with Crippen molar-refractivity contribution >= 4 is 49.6 Å². The zero-order valence-corrected chi connectivity index (χ0v) is 20.7. The molecule has 0 unspecified atom stereocenters. The van der Waals surface area contributed by atoms with E-state index in [1.807, 2.05) is 6.07 Å². The topological polar surface area (TPSA) is 13.1 Å². The highest BCUT2D eigenvalue weighted by molar-refractivity contribution is 6.22. The van der Waals surface area contributed by atoms with Crippen LogP contribution >= 0.6 is 0 Å². The van der Waals surface area contributed by atoms with Crippen molar-refractivity contribution in [2.75, 3.05) is 0 Å². The quantitative estimate of drug-likeness (QED) is 0.235. The molecule has 0 atom stereocenters. The lowest BCUT2D eigenvalue weighted by atomic mass is 9.79. The van der Waals surface area contributed by atoms with Crippen LogP contribution in [0.4, 0.5) is 4.39 Å². The number of furan rings is 1. The minimum atomic E-state index is -0.217. The molecule has 0 radical (unpaired) electrons. The van der Waals surface area contributed by atoms with Crippen LogP contribution in [-0.2, 0) is 6.42 Å². The van der Waals surface area contributed by atoms with Crippen LogP contribution in [-0.4, -0.2) is 0 Å². The summed E-state index contributed by atoms with van der Waals surface area (Å²) in [6.07, 6.45) is 6.39. The highest BCUT2D eigenvalue weighted by Crippen LogP contribution is 2.48. The van der Waals surface area contributed by atoms with Gasteiger partial charge in [0, 0.05) is 16.2 Å². The molecule has 1 heterocycles. The Kier molecular flexibility index (Phi) is 4.59. The van der Waals surface area contributed by atoms with Crippen LogP contribution in [0, 0.1) is 5.82 Å². The molecule has 1 aliphatic rings. The lowest BCUT2D eigenvalue weighted by molar-refractivity contribution is 0.628. The average molecular weight is 491 g/mol. The van der Waals surface area contributed by atoms with Gasteiger partial charge in [-0.1, -0.05) is 91.0 Å². The summed E-state index contributed by atoms with van der Waals surface area (Å²) in [6.45, 7) is 0. The Bertz CT molecular complexity index is 2090. The van der Waals surface area contributed by atoms with Gasteiger partial charge in [0.05, 0.1) is 0 Å². The molecule has 8 rings (SSSR count). The zero-order valence-electron chi connectivity index (χ0n) is 20.7. The highest BCUT2D eigenvalue weighted by atomic mass is 19.1. The molecule has 6 aromatic carbocycles. The first-order chi connectivity index (χ1) is 18.8. The molecule has 0 N–H and O–H groups in total. The van der Waals surface area contributed by atoms with Crippen LogP contribution in [0.15, 0.2) is 114 Å². The van der Waals surface area contributed by atoms with Crippen molar-refractivity contribution in [3.8, 4) is 22.3 Å². The third-order valence-electron chi connectivity index (χ3n) is 7.98. The van der Waals surface area contributed by atoms with Gasteiger partial charge in [-0.05, 0) is 86.6 Å². The number of benzene rings is 6. The Hall–Kier alpha value is -4.69. The number of hydrogen-bond donors (Lipinski definition) is 0. The summed E-state index contributed by atoms with van der Waals surface area (Å²) in [5.41, 5.74) is 8.77. The van der Waals surface area contributed by atoms with Gasteiger partial charge in [0.1, 0.15) is 17.0 Å². The number of allylic oxidation sites excluding steroid dienone is 1. The summed E-state index contributed by atoms with van der Waals surface area (Å²) in [4.78, 5) is 0.